The molecule has 25 heavy (non-hydrogen) atoms. The largest absolute Gasteiger partial charge is 0.453 e. The SMILES string of the molecule is Cc1ccc(NC(=O)[C@H](C)OC(=O)C[C@H](C)c2ccccc2)c(Br)c1. The Morgan fingerprint density at radius 2 is 1.80 bits per heavy atom. The summed E-state index contributed by atoms with van der Waals surface area (Å²) in [6.07, 6.45) is -0.626. The smallest absolute Gasteiger partial charge is 0.307 e. The van der Waals surface area contributed by atoms with Gasteiger partial charge in [-0.05, 0) is 59.0 Å². The zero-order chi connectivity index (χ0) is 18.4. The van der Waals surface area contributed by atoms with Crippen molar-refractivity contribution in [2.24, 2.45) is 0 Å². The maximum absolute atomic E-state index is 12.2. The van der Waals surface area contributed by atoms with Gasteiger partial charge in [-0.25, -0.2) is 0 Å². The standard InChI is InChI=1S/C20H22BrNO3/c1-13-9-10-18(17(21)11-13)22-20(24)15(3)25-19(23)12-14(2)16-7-5-4-6-8-16/h4-11,14-15H,12H2,1-3H3,(H,22,24)/t14-,15-/m0/s1. The second kappa shape index (κ2) is 8.81. The van der Waals surface area contributed by atoms with Gasteiger partial charge in [-0.3, -0.25) is 9.59 Å². The number of carbonyl (C=O) groups excluding carboxylic acids is 2. The fourth-order valence-electron chi connectivity index (χ4n) is 2.40. The molecule has 2 rings (SSSR count). The number of carbonyl (C=O) groups is 2. The van der Waals surface area contributed by atoms with E-state index >= 15 is 0 Å². The van der Waals surface area contributed by atoms with Crippen molar-refractivity contribution >= 4 is 33.5 Å². The lowest BCUT2D eigenvalue weighted by molar-refractivity contribution is -0.153. The van der Waals surface area contributed by atoms with E-state index in [4.69, 9.17) is 4.74 Å². The highest BCUT2D eigenvalue weighted by molar-refractivity contribution is 9.10. The highest BCUT2D eigenvalue weighted by Gasteiger charge is 2.20. The average molecular weight is 404 g/mol. The van der Waals surface area contributed by atoms with Crippen molar-refractivity contribution in [3.05, 3.63) is 64.1 Å². The first kappa shape index (κ1) is 19.2. The van der Waals surface area contributed by atoms with E-state index in [0.29, 0.717) is 5.69 Å². The summed E-state index contributed by atoms with van der Waals surface area (Å²) >= 11 is 3.41. The number of hydrogen-bond acceptors (Lipinski definition) is 3. The third-order valence-corrected chi connectivity index (χ3v) is 4.56. The van der Waals surface area contributed by atoms with Gasteiger partial charge in [0, 0.05) is 4.47 Å². The van der Waals surface area contributed by atoms with E-state index < -0.39 is 6.10 Å². The fraction of sp³-hybridized carbons (Fsp3) is 0.300. The Balaban J connectivity index is 1.88. The molecular formula is C20H22BrNO3. The number of hydrogen-bond donors (Lipinski definition) is 1. The molecule has 0 heterocycles. The van der Waals surface area contributed by atoms with Gasteiger partial charge in [0.2, 0.25) is 0 Å². The van der Waals surface area contributed by atoms with Crippen LogP contribution in [0.3, 0.4) is 0 Å². The van der Waals surface area contributed by atoms with E-state index in [9.17, 15) is 9.59 Å². The van der Waals surface area contributed by atoms with Crippen molar-refractivity contribution in [1.29, 1.82) is 0 Å². The molecule has 0 aliphatic heterocycles. The van der Waals surface area contributed by atoms with Crippen molar-refractivity contribution in [3.8, 4) is 0 Å². The monoisotopic (exact) mass is 403 g/mol. The second-order valence-electron chi connectivity index (χ2n) is 6.12. The van der Waals surface area contributed by atoms with E-state index in [1.165, 1.54) is 0 Å². The molecule has 0 saturated carbocycles. The van der Waals surface area contributed by atoms with E-state index in [0.717, 1.165) is 15.6 Å². The number of anilines is 1. The Bertz CT molecular complexity index is 746. The summed E-state index contributed by atoms with van der Waals surface area (Å²) in [7, 11) is 0. The number of ether oxygens (including phenoxy) is 1. The van der Waals surface area contributed by atoms with Crippen molar-refractivity contribution in [3.63, 3.8) is 0 Å². The molecule has 2 aromatic rings. The van der Waals surface area contributed by atoms with Crippen molar-refractivity contribution in [2.45, 2.75) is 39.2 Å². The summed E-state index contributed by atoms with van der Waals surface area (Å²) < 4.78 is 6.06. The zero-order valence-electron chi connectivity index (χ0n) is 14.6. The lowest BCUT2D eigenvalue weighted by Gasteiger charge is -2.16. The molecule has 0 aromatic heterocycles. The second-order valence-corrected chi connectivity index (χ2v) is 6.97. The molecule has 1 N–H and O–H groups in total. The van der Waals surface area contributed by atoms with E-state index in [1.54, 1.807) is 6.92 Å². The Morgan fingerprint density at radius 1 is 1.12 bits per heavy atom. The summed E-state index contributed by atoms with van der Waals surface area (Å²) in [5, 5.41) is 2.76. The first-order valence-electron chi connectivity index (χ1n) is 8.18. The van der Waals surface area contributed by atoms with Crippen molar-refractivity contribution in [2.75, 3.05) is 5.32 Å². The average Bonchev–Trinajstić information content (AvgIpc) is 2.57. The maximum atomic E-state index is 12.2. The molecule has 4 nitrogen and oxygen atoms in total. The van der Waals surface area contributed by atoms with Gasteiger partial charge in [0.1, 0.15) is 0 Å². The third-order valence-electron chi connectivity index (χ3n) is 3.90. The van der Waals surface area contributed by atoms with Crippen LogP contribution >= 0.6 is 15.9 Å². The van der Waals surface area contributed by atoms with Gasteiger partial charge in [0.05, 0.1) is 12.1 Å². The summed E-state index contributed by atoms with van der Waals surface area (Å²) in [5.41, 5.74) is 2.80. The third kappa shape index (κ3) is 5.71. The predicted octanol–water partition coefficient (Wildman–Crippen LogP) is 4.82. The number of esters is 1. The van der Waals surface area contributed by atoms with Gasteiger partial charge in [0.15, 0.2) is 6.10 Å². The summed E-state index contributed by atoms with van der Waals surface area (Å²) in [5.74, 6) is -0.706. The molecule has 1 amide bonds. The molecule has 0 aliphatic carbocycles. The minimum absolute atomic E-state index is 0.0372. The van der Waals surface area contributed by atoms with Crippen molar-refractivity contribution < 1.29 is 14.3 Å². The topological polar surface area (TPSA) is 55.4 Å². The number of nitrogens with one attached hydrogen (secondary N) is 1. The number of rotatable bonds is 6. The van der Waals surface area contributed by atoms with Gasteiger partial charge in [-0.15, -0.1) is 0 Å². The van der Waals surface area contributed by atoms with Crippen LogP contribution in [0.25, 0.3) is 0 Å². The minimum atomic E-state index is -0.858. The van der Waals surface area contributed by atoms with Crippen LogP contribution in [0.1, 0.15) is 37.3 Å². The number of amides is 1. The lowest BCUT2D eigenvalue weighted by atomic mass is 9.98. The van der Waals surface area contributed by atoms with Crippen LogP contribution < -0.4 is 5.32 Å². The van der Waals surface area contributed by atoms with Gasteiger partial charge in [0.25, 0.3) is 5.91 Å². The molecule has 0 unspecified atom stereocenters. The Hall–Kier alpha value is -2.14. The Kier molecular flexibility index (Phi) is 6.76. The fourth-order valence-corrected chi connectivity index (χ4v) is 3.00. The normalized spacial score (nSPS) is 13.0. The van der Waals surface area contributed by atoms with E-state index in [2.05, 4.69) is 21.2 Å². The summed E-state index contributed by atoms with van der Waals surface area (Å²) in [4.78, 5) is 24.3. The van der Waals surface area contributed by atoms with Crippen LogP contribution in [0.4, 0.5) is 5.69 Å². The molecule has 5 heteroatoms. The number of halogens is 1. The highest BCUT2D eigenvalue weighted by Crippen LogP contribution is 2.24. The minimum Gasteiger partial charge on any atom is -0.453 e. The van der Waals surface area contributed by atoms with Crippen LogP contribution in [-0.2, 0) is 14.3 Å². The van der Waals surface area contributed by atoms with Crippen LogP contribution in [0.15, 0.2) is 53.0 Å². The molecule has 0 aliphatic rings. The Labute approximate surface area is 156 Å². The molecule has 132 valence electrons. The van der Waals surface area contributed by atoms with Crippen LogP contribution in [0.5, 0.6) is 0 Å². The number of aryl methyl sites for hydroxylation is 1. The molecule has 2 atom stereocenters. The van der Waals surface area contributed by atoms with Gasteiger partial charge >= 0.3 is 5.97 Å². The molecule has 0 saturated heterocycles. The molecule has 2 aromatic carbocycles. The van der Waals surface area contributed by atoms with Crippen LogP contribution in [-0.4, -0.2) is 18.0 Å². The van der Waals surface area contributed by atoms with Crippen molar-refractivity contribution in [1.82, 2.24) is 0 Å². The zero-order valence-corrected chi connectivity index (χ0v) is 16.2. The first-order valence-corrected chi connectivity index (χ1v) is 8.97. The van der Waals surface area contributed by atoms with Gasteiger partial charge in [-0.2, -0.15) is 0 Å². The van der Waals surface area contributed by atoms with Crippen LogP contribution in [0.2, 0.25) is 0 Å². The van der Waals surface area contributed by atoms with E-state index in [-0.39, 0.29) is 24.2 Å². The molecule has 0 bridgehead atoms. The highest BCUT2D eigenvalue weighted by atomic mass is 79.9. The van der Waals surface area contributed by atoms with Crippen LogP contribution in [0, 0.1) is 6.92 Å². The van der Waals surface area contributed by atoms with Gasteiger partial charge in [-0.1, -0.05) is 43.3 Å². The lowest BCUT2D eigenvalue weighted by Crippen LogP contribution is -2.30. The van der Waals surface area contributed by atoms with E-state index in [1.807, 2.05) is 62.4 Å². The predicted molar refractivity (Wildman–Crippen MR) is 103 cm³/mol. The first-order chi connectivity index (χ1) is 11.9. The maximum Gasteiger partial charge on any atom is 0.307 e. The number of benzene rings is 2. The Morgan fingerprint density at radius 3 is 2.44 bits per heavy atom. The molecule has 0 spiro atoms. The molecule has 0 radical (unpaired) electrons. The molecule has 0 fully saturated rings. The molecular weight excluding hydrogens is 382 g/mol. The summed E-state index contributed by atoms with van der Waals surface area (Å²) in [6, 6.07) is 15.4. The van der Waals surface area contributed by atoms with Gasteiger partial charge < -0.3 is 10.1 Å². The summed E-state index contributed by atoms with van der Waals surface area (Å²) in [6.45, 7) is 5.50. The quantitative estimate of drug-likeness (QED) is 0.703.